The van der Waals surface area contributed by atoms with Crippen LogP contribution in [0.4, 0.5) is 4.39 Å². The van der Waals surface area contributed by atoms with Gasteiger partial charge in [0.2, 0.25) is 0 Å². The van der Waals surface area contributed by atoms with Crippen LogP contribution in [0.3, 0.4) is 0 Å². The van der Waals surface area contributed by atoms with Gasteiger partial charge in [0.15, 0.2) is 6.61 Å². The smallest absolute Gasteiger partial charge is 0.258 e. The number of carbonyl (C=O) groups excluding carboxylic acids is 1. The van der Waals surface area contributed by atoms with E-state index in [1.165, 1.54) is 6.07 Å². The van der Waals surface area contributed by atoms with Gasteiger partial charge in [-0.05, 0) is 36.8 Å². The molecule has 0 fully saturated rings. The van der Waals surface area contributed by atoms with Crippen molar-refractivity contribution in [3.05, 3.63) is 82.6 Å². The zero-order valence-corrected chi connectivity index (χ0v) is 15.7. The lowest BCUT2D eigenvalue weighted by Crippen LogP contribution is -2.35. The molecule has 0 spiro atoms. The Balaban J connectivity index is 1.76. The van der Waals surface area contributed by atoms with Crippen molar-refractivity contribution in [1.29, 1.82) is 0 Å². The number of ether oxygens (including phenoxy) is 1. The molecule has 0 saturated carbocycles. The van der Waals surface area contributed by atoms with Gasteiger partial charge in [-0.15, -0.1) is 0 Å². The maximum atomic E-state index is 14.3. The molecule has 0 aliphatic rings. The van der Waals surface area contributed by atoms with Crippen molar-refractivity contribution in [3.63, 3.8) is 0 Å². The summed E-state index contributed by atoms with van der Waals surface area (Å²) in [5.74, 6) is 0.251. The fourth-order valence-corrected chi connectivity index (χ4v) is 2.82. The van der Waals surface area contributed by atoms with Crippen LogP contribution in [-0.2, 0) is 11.8 Å². The van der Waals surface area contributed by atoms with Crippen LogP contribution in [0.2, 0.25) is 5.02 Å². The number of hydrogen-bond acceptors (Lipinski definition) is 3. The lowest BCUT2D eigenvalue weighted by atomic mass is 10.1. The summed E-state index contributed by atoms with van der Waals surface area (Å²) in [5.41, 5.74) is 1.19. The highest BCUT2D eigenvalue weighted by Gasteiger charge is 2.23. The predicted molar refractivity (Wildman–Crippen MR) is 101 cm³/mol. The second-order valence-electron chi connectivity index (χ2n) is 6.12. The third-order valence-electron chi connectivity index (χ3n) is 4.14. The Kier molecular flexibility index (Phi) is 5.76. The van der Waals surface area contributed by atoms with Crippen molar-refractivity contribution in [2.24, 2.45) is 7.05 Å². The fourth-order valence-electron chi connectivity index (χ4n) is 2.70. The van der Waals surface area contributed by atoms with Gasteiger partial charge in [-0.25, -0.2) is 9.37 Å². The number of aromatic nitrogens is 2. The summed E-state index contributed by atoms with van der Waals surface area (Å²) < 4.78 is 21.6. The Bertz CT molecular complexity index is 958. The second-order valence-corrected chi connectivity index (χ2v) is 6.53. The number of amides is 1. The lowest BCUT2D eigenvalue weighted by molar-refractivity contribution is -0.123. The molecule has 0 radical (unpaired) electrons. The fraction of sp³-hybridized carbons (Fsp3) is 0.200. The zero-order valence-electron chi connectivity index (χ0n) is 14.9. The minimum atomic E-state index is -0.728. The molecule has 2 aromatic carbocycles. The molecular weight excluding hydrogens is 369 g/mol. The Labute approximate surface area is 161 Å². The van der Waals surface area contributed by atoms with Crippen molar-refractivity contribution < 1.29 is 13.9 Å². The quantitative estimate of drug-likeness (QED) is 0.699. The van der Waals surface area contributed by atoms with Gasteiger partial charge in [-0.1, -0.05) is 29.8 Å². The summed E-state index contributed by atoms with van der Waals surface area (Å²) >= 11 is 5.99. The molecule has 140 valence electrons. The molecule has 1 N–H and O–H groups in total. The van der Waals surface area contributed by atoms with Gasteiger partial charge in [0.1, 0.15) is 23.4 Å². The van der Waals surface area contributed by atoms with Gasteiger partial charge in [0.25, 0.3) is 5.91 Å². The number of imidazole rings is 1. The summed E-state index contributed by atoms with van der Waals surface area (Å²) in [6, 6.07) is 10.7. The minimum Gasteiger partial charge on any atom is -0.484 e. The van der Waals surface area contributed by atoms with E-state index in [2.05, 4.69) is 10.3 Å². The van der Waals surface area contributed by atoms with Crippen LogP contribution in [-0.4, -0.2) is 22.1 Å². The average molecular weight is 388 g/mol. The molecular formula is C20H19ClFN3O2. The van der Waals surface area contributed by atoms with Crippen molar-refractivity contribution in [2.45, 2.75) is 13.0 Å². The maximum Gasteiger partial charge on any atom is 0.258 e. The summed E-state index contributed by atoms with van der Waals surface area (Å²) in [6.45, 7) is 1.64. The number of aryl methyl sites for hydroxylation is 2. The monoisotopic (exact) mass is 387 g/mol. The molecule has 27 heavy (non-hydrogen) atoms. The first kappa shape index (κ1) is 18.9. The summed E-state index contributed by atoms with van der Waals surface area (Å²) in [7, 11) is 1.79. The van der Waals surface area contributed by atoms with Crippen LogP contribution in [0.1, 0.15) is 23.0 Å². The van der Waals surface area contributed by atoms with Crippen LogP contribution in [0.25, 0.3) is 0 Å². The van der Waals surface area contributed by atoms with Crippen molar-refractivity contribution in [3.8, 4) is 5.75 Å². The first-order valence-corrected chi connectivity index (χ1v) is 8.73. The van der Waals surface area contributed by atoms with Crippen molar-refractivity contribution >= 4 is 17.5 Å². The number of nitrogens with zero attached hydrogens (tertiary/aromatic N) is 2. The van der Waals surface area contributed by atoms with E-state index in [-0.39, 0.29) is 12.5 Å². The number of benzene rings is 2. The normalized spacial score (nSPS) is 11.9. The van der Waals surface area contributed by atoms with E-state index in [1.807, 2.05) is 6.92 Å². The van der Waals surface area contributed by atoms with E-state index in [4.69, 9.17) is 16.3 Å². The van der Waals surface area contributed by atoms with E-state index < -0.39 is 11.9 Å². The SMILES string of the molecule is Cc1cc(OCC(=O)N[C@H](c2ccccc2F)c2nccn2C)ccc1Cl. The van der Waals surface area contributed by atoms with E-state index in [0.29, 0.717) is 22.2 Å². The van der Waals surface area contributed by atoms with Crippen LogP contribution in [0.5, 0.6) is 5.75 Å². The second kappa shape index (κ2) is 8.22. The molecule has 0 saturated heterocycles. The predicted octanol–water partition coefficient (Wildman–Crippen LogP) is 3.81. The molecule has 7 heteroatoms. The molecule has 1 aromatic heterocycles. The van der Waals surface area contributed by atoms with E-state index in [9.17, 15) is 9.18 Å². The molecule has 3 rings (SSSR count). The molecule has 0 aliphatic heterocycles. The topological polar surface area (TPSA) is 56.1 Å². The highest BCUT2D eigenvalue weighted by molar-refractivity contribution is 6.31. The molecule has 0 bridgehead atoms. The lowest BCUT2D eigenvalue weighted by Gasteiger charge is -2.20. The Morgan fingerprint density at radius 3 is 2.78 bits per heavy atom. The minimum absolute atomic E-state index is 0.212. The first-order valence-electron chi connectivity index (χ1n) is 8.35. The highest BCUT2D eigenvalue weighted by atomic mass is 35.5. The molecule has 0 unspecified atom stereocenters. The largest absolute Gasteiger partial charge is 0.484 e. The van der Waals surface area contributed by atoms with E-state index in [0.717, 1.165) is 5.56 Å². The van der Waals surface area contributed by atoms with E-state index >= 15 is 0 Å². The third-order valence-corrected chi connectivity index (χ3v) is 4.56. The summed E-state index contributed by atoms with van der Waals surface area (Å²) in [4.78, 5) is 16.7. The van der Waals surface area contributed by atoms with Gasteiger partial charge in [-0.3, -0.25) is 4.79 Å². The molecule has 5 nitrogen and oxygen atoms in total. The number of hydrogen-bond donors (Lipinski definition) is 1. The van der Waals surface area contributed by atoms with Crippen LogP contribution in [0, 0.1) is 12.7 Å². The number of nitrogens with one attached hydrogen (secondary N) is 1. The van der Waals surface area contributed by atoms with Gasteiger partial charge >= 0.3 is 0 Å². The molecule has 0 aliphatic carbocycles. The Morgan fingerprint density at radius 2 is 2.11 bits per heavy atom. The zero-order chi connectivity index (χ0) is 19.4. The van der Waals surface area contributed by atoms with Crippen molar-refractivity contribution in [2.75, 3.05) is 6.61 Å². The first-order chi connectivity index (χ1) is 13.0. The molecule has 1 atom stereocenters. The highest BCUT2D eigenvalue weighted by Crippen LogP contribution is 2.24. The number of rotatable bonds is 6. The van der Waals surface area contributed by atoms with E-state index in [1.54, 1.807) is 60.4 Å². The van der Waals surface area contributed by atoms with Gasteiger partial charge in [-0.2, -0.15) is 0 Å². The molecule has 3 aromatic rings. The maximum absolute atomic E-state index is 14.3. The van der Waals surface area contributed by atoms with Crippen molar-refractivity contribution in [1.82, 2.24) is 14.9 Å². The Hall–Kier alpha value is -2.86. The third kappa shape index (κ3) is 4.46. The number of halogens is 2. The molecule has 1 heterocycles. The van der Waals surface area contributed by atoms with Gasteiger partial charge in [0, 0.05) is 30.0 Å². The molecule has 1 amide bonds. The van der Waals surface area contributed by atoms with Crippen LogP contribution >= 0.6 is 11.6 Å². The van der Waals surface area contributed by atoms with Crippen LogP contribution < -0.4 is 10.1 Å². The standard InChI is InChI=1S/C20H19ClFN3O2/c1-13-11-14(7-8-16(13)21)27-12-18(26)24-19(20-23-9-10-25(20)2)15-5-3-4-6-17(15)22/h3-11,19H,12H2,1-2H3,(H,24,26)/t19-/m1/s1. The summed E-state index contributed by atoms with van der Waals surface area (Å²) in [5, 5.41) is 3.43. The Morgan fingerprint density at radius 1 is 1.33 bits per heavy atom. The van der Waals surface area contributed by atoms with Gasteiger partial charge < -0.3 is 14.6 Å². The van der Waals surface area contributed by atoms with Gasteiger partial charge in [0.05, 0.1) is 0 Å². The average Bonchev–Trinajstić information content (AvgIpc) is 3.07. The van der Waals surface area contributed by atoms with Crippen LogP contribution in [0.15, 0.2) is 54.9 Å². The summed E-state index contributed by atoms with van der Waals surface area (Å²) in [6.07, 6.45) is 3.34. The number of carbonyl (C=O) groups is 1.